The van der Waals surface area contributed by atoms with Gasteiger partial charge in [-0.15, -0.1) is 0 Å². The summed E-state index contributed by atoms with van der Waals surface area (Å²) in [6, 6.07) is 6.37. The maximum atomic E-state index is 11.5. The topological polar surface area (TPSA) is 54.4 Å². The molecule has 0 spiro atoms. The summed E-state index contributed by atoms with van der Waals surface area (Å²) in [6.07, 6.45) is 1.46. The lowest BCUT2D eigenvalue weighted by Crippen LogP contribution is -2.22. The van der Waals surface area contributed by atoms with Crippen LogP contribution in [0.5, 0.6) is 0 Å². The molecule has 1 fully saturated rings. The van der Waals surface area contributed by atoms with Gasteiger partial charge in [0, 0.05) is 6.61 Å². The van der Waals surface area contributed by atoms with Gasteiger partial charge in [0.1, 0.15) is 0 Å². The first-order valence-electron chi connectivity index (χ1n) is 6.78. The van der Waals surface area contributed by atoms with Crippen LogP contribution in [0.3, 0.4) is 0 Å². The Morgan fingerprint density at radius 2 is 1.89 bits per heavy atom. The molecule has 1 heterocycles. The second-order valence-corrected chi connectivity index (χ2v) is 8.03. The van der Waals surface area contributed by atoms with Crippen LogP contribution in [0.15, 0.2) is 18.2 Å². The highest BCUT2D eigenvalue weighted by atomic mass is 32.2. The molecular weight excluding hydrogens is 260 g/mol. The Hall–Kier alpha value is -0.870. The molecule has 1 aliphatic heterocycles. The monoisotopic (exact) mass is 282 g/mol. The molecule has 2 atom stereocenters. The fourth-order valence-electron chi connectivity index (χ4n) is 3.07. The third kappa shape index (κ3) is 3.80. The van der Waals surface area contributed by atoms with Crippen LogP contribution in [0.25, 0.3) is 0 Å². The zero-order valence-electron chi connectivity index (χ0n) is 11.6. The smallest absolute Gasteiger partial charge is 0.150 e. The van der Waals surface area contributed by atoms with Crippen molar-refractivity contribution in [1.82, 2.24) is 0 Å². The first-order chi connectivity index (χ1) is 8.89. The molecule has 1 aromatic rings. The van der Waals surface area contributed by atoms with Crippen LogP contribution in [0, 0.1) is 25.7 Å². The molecule has 0 saturated carbocycles. The number of aryl methyl sites for hydroxylation is 2. The summed E-state index contributed by atoms with van der Waals surface area (Å²) in [4.78, 5) is 0. The van der Waals surface area contributed by atoms with Crippen LogP contribution < -0.4 is 0 Å². The highest BCUT2D eigenvalue weighted by Crippen LogP contribution is 2.28. The van der Waals surface area contributed by atoms with E-state index in [1.807, 2.05) is 0 Å². The van der Waals surface area contributed by atoms with Crippen molar-refractivity contribution in [3.05, 3.63) is 34.9 Å². The predicted octanol–water partition coefficient (Wildman–Crippen LogP) is 1.89. The molecule has 4 heteroatoms. The number of hydrogen-bond donors (Lipinski definition) is 1. The van der Waals surface area contributed by atoms with E-state index in [4.69, 9.17) is 0 Å². The fraction of sp³-hybridized carbons (Fsp3) is 0.600. The van der Waals surface area contributed by atoms with Crippen LogP contribution in [0.1, 0.15) is 23.1 Å². The Bertz CT molecular complexity index is 528. The minimum atomic E-state index is -2.87. The molecule has 0 aliphatic carbocycles. The molecule has 1 aromatic carbocycles. The molecule has 2 unspecified atom stereocenters. The van der Waals surface area contributed by atoms with Crippen molar-refractivity contribution >= 4 is 9.84 Å². The fourth-order valence-corrected chi connectivity index (χ4v) is 4.99. The van der Waals surface area contributed by atoms with Crippen molar-refractivity contribution in [2.24, 2.45) is 11.8 Å². The minimum Gasteiger partial charge on any atom is -0.396 e. The van der Waals surface area contributed by atoms with Gasteiger partial charge in [0.05, 0.1) is 11.5 Å². The van der Waals surface area contributed by atoms with Gasteiger partial charge in [0.15, 0.2) is 9.84 Å². The zero-order valence-corrected chi connectivity index (χ0v) is 12.4. The molecule has 0 aromatic heterocycles. The van der Waals surface area contributed by atoms with E-state index in [2.05, 4.69) is 32.0 Å². The van der Waals surface area contributed by atoms with Gasteiger partial charge in [0.25, 0.3) is 0 Å². The van der Waals surface area contributed by atoms with Crippen molar-refractivity contribution in [2.75, 3.05) is 18.1 Å². The van der Waals surface area contributed by atoms with Crippen molar-refractivity contribution in [1.29, 1.82) is 0 Å². The van der Waals surface area contributed by atoms with Crippen molar-refractivity contribution < 1.29 is 13.5 Å². The molecule has 19 heavy (non-hydrogen) atoms. The number of sulfone groups is 1. The summed E-state index contributed by atoms with van der Waals surface area (Å²) in [7, 11) is -2.87. The number of hydrogen-bond acceptors (Lipinski definition) is 3. The number of rotatable bonds is 4. The minimum absolute atomic E-state index is 0.0541. The average Bonchev–Trinajstić information content (AvgIpc) is 2.65. The van der Waals surface area contributed by atoms with Crippen molar-refractivity contribution in [2.45, 2.75) is 26.7 Å². The first kappa shape index (κ1) is 14.5. The molecule has 0 amide bonds. The second-order valence-electron chi connectivity index (χ2n) is 5.81. The normalized spacial score (nSPS) is 23.4. The van der Waals surface area contributed by atoms with Gasteiger partial charge in [-0.3, -0.25) is 0 Å². The lowest BCUT2D eigenvalue weighted by atomic mass is 9.86. The predicted molar refractivity (Wildman–Crippen MR) is 77.0 cm³/mol. The summed E-state index contributed by atoms with van der Waals surface area (Å²) in [6.45, 7) is 4.18. The van der Waals surface area contributed by atoms with Gasteiger partial charge in [-0.1, -0.05) is 29.3 Å². The Kier molecular flexibility index (Phi) is 4.31. The van der Waals surface area contributed by atoms with Crippen LogP contribution >= 0.6 is 0 Å². The van der Waals surface area contributed by atoms with E-state index in [1.54, 1.807) is 0 Å². The lowest BCUT2D eigenvalue weighted by molar-refractivity contribution is 0.184. The number of aliphatic hydroxyl groups is 1. The van der Waals surface area contributed by atoms with E-state index in [0.29, 0.717) is 6.42 Å². The second kappa shape index (κ2) is 5.63. The molecule has 2 rings (SSSR count). The maximum absolute atomic E-state index is 11.5. The Morgan fingerprint density at radius 1 is 1.26 bits per heavy atom. The molecule has 1 N–H and O–H groups in total. The zero-order chi connectivity index (χ0) is 14.0. The van der Waals surface area contributed by atoms with E-state index in [-0.39, 0.29) is 29.9 Å². The van der Waals surface area contributed by atoms with E-state index < -0.39 is 9.84 Å². The Morgan fingerprint density at radius 3 is 2.37 bits per heavy atom. The van der Waals surface area contributed by atoms with Gasteiger partial charge in [0.2, 0.25) is 0 Å². The molecule has 1 aliphatic rings. The Labute approximate surface area is 115 Å². The largest absolute Gasteiger partial charge is 0.396 e. The summed E-state index contributed by atoms with van der Waals surface area (Å²) >= 11 is 0. The van der Waals surface area contributed by atoms with Gasteiger partial charge in [-0.05, 0) is 44.1 Å². The number of benzene rings is 1. The highest BCUT2D eigenvalue weighted by molar-refractivity contribution is 7.91. The van der Waals surface area contributed by atoms with Crippen LogP contribution in [-0.4, -0.2) is 31.6 Å². The first-order valence-corrected chi connectivity index (χ1v) is 8.60. The summed E-state index contributed by atoms with van der Waals surface area (Å²) in [5, 5.41) is 9.56. The van der Waals surface area contributed by atoms with Gasteiger partial charge in [-0.25, -0.2) is 8.42 Å². The SMILES string of the molecule is Cc1cc(C)cc(CC(CO)C2CCS(=O)(=O)C2)c1. The van der Waals surface area contributed by atoms with E-state index in [9.17, 15) is 13.5 Å². The molecule has 1 saturated heterocycles. The van der Waals surface area contributed by atoms with E-state index in [0.717, 1.165) is 6.42 Å². The van der Waals surface area contributed by atoms with Crippen molar-refractivity contribution in [3.63, 3.8) is 0 Å². The van der Waals surface area contributed by atoms with E-state index >= 15 is 0 Å². The molecule has 106 valence electrons. The molecule has 3 nitrogen and oxygen atoms in total. The molecular formula is C15H22O3S. The molecule has 0 radical (unpaired) electrons. The standard InChI is InChI=1S/C15H22O3S/c1-11-5-12(2)7-13(6-11)8-15(9-16)14-3-4-19(17,18)10-14/h5-7,14-16H,3-4,8-10H2,1-2H3. The third-order valence-corrected chi connectivity index (χ3v) is 5.74. The average molecular weight is 282 g/mol. The maximum Gasteiger partial charge on any atom is 0.150 e. The Balaban J connectivity index is 2.11. The molecule has 0 bridgehead atoms. The highest BCUT2D eigenvalue weighted by Gasteiger charge is 2.33. The van der Waals surface area contributed by atoms with Gasteiger partial charge < -0.3 is 5.11 Å². The third-order valence-electron chi connectivity index (χ3n) is 3.95. The van der Waals surface area contributed by atoms with E-state index in [1.165, 1.54) is 16.7 Å². The van der Waals surface area contributed by atoms with Crippen LogP contribution in [0.2, 0.25) is 0 Å². The quantitative estimate of drug-likeness (QED) is 0.917. The lowest BCUT2D eigenvalue weighted by Gasteiger charge is -2.20. The summed E-state index contributed by atoms with van der Waals surface area (Å²) < 4.78 is 23.1. The van der Waals surface area contributed by atoms with Crippen LogP contribution in [-0.2, 0) is 16.3 Å². The number of aliphatic hydroxyl groups excluding tert-OH is 1. The van der Waals surface area contributed by atoms with Gasteiger partial charge in [-0.2, -0.15) is 0 Å². The summed E-state index contributed by atoms with van der Waals surface area (Å²) in [5.41, 5.74) is 3.62. The van der Waals surface area contributed by atoms with Crippen molar-refractivity contribution in [3.8, 4) is 0 Å². The van der Waals surface area contributed by atoms with Crippen LogP contribution in [0.4, 0.5) is 0 Å². The van der Waals surface area contributed by atoms with Gasteiger partial charge >= 0.3 is 0 Å². The summed E-state index contributed by atoms with van der Waals surface area (Å²) in [5.74, 6) is 0.679.